The van der Waals surface area contributed by atoms with Crippen molar-refractivity contribution in [1.29, 1.82) is 0 Å². The third-order valence-electron chi connectivity index (χ3n) is 8.40. The Labute approximate surface area is 345 Å². The molecule has 53 heavy (non-hydrogen) atoms. The summed E-state index contributed by atoms with van der Waals surface area (Å²) in [5, 5.41) is 22.4. The normalized spacial score (nSPS) is 11.2. The molecule has 0 radical (unpaired) electrons. The number of benzene rings is 4. The van der Waals surface area contributed by atoms with Crippen LogP contribution in [0.1, 0.15) is 102 Å². The molecule has 0 aliphatic carbocycles. The average molecular weight is 795 g/mol. The molecule has 4 aromatic carbocycles. The summed E-state index contributed by atoms with van der Waals surface area (Å²) in [6.07, 6.45) is 15.6. The van der Waals surface area contributed by atoms with Crippen molar-refractivity contribution in [2.45, 2.75) is 114 Å². The Kier molecular flexibility index (Phi) is 20.8. The molecule has 2 N–H and O–H groups in total. The Balaban J connectivity index is 0.000000360. The summed E-state index contributed by atoms with van der Waals surface area (Å²) in [5.74, 6) is 0.450. The molecule has 10 nitrogen and oxygen atoms in total. The van der Waals surface area contributed by atoms with E-state index in [0.717, 1.165) is 49.7 Å². The van der Waals surface area contributed by atoms with Gasteiger partial charge in [-0.3, -0.25) is 4.55 Å². The second-order valence-corrected chi connectivity index (χ2v) is 15.4. The summed E-state index contributed by atoms with van der Waals surface area (Å²) < 4.78 is 76.9. The first-order valence-electron chi connectivity index (χ1n) is 17.9. The first kappa shape index (κ1) is 46.3. The third-order valence-corrected chi connectivity index (χ3v) is 10.2. The van der Waals surface area contributed by atoms with Crippen LogP contribution in [0.5, 0.6) is 34.5 Å². The first-order chi connectivity index (χ1) is 24.8. The fourth-order valence-electron chi connectivity index (χ4n) is 5.56. The minimum Gasteiger partial charge on any atom is -0.872 e. The number of hydrogen-bond acceptors (Lipinski definition) is 9. The SMILES string of the molecule is CCCCCCCCc1ccc(Oc2ccccc2S(=O)(=O)O)cc1O.CCCCCCCCc1ccc(Oc2ccccc2S(=O)(=O)[O-])cc1[O-].[Ca+2]. The van der Waals surface area contributed by atoms with E-state index in [1.165, 1.54) is 99.9 Å². The smallest absolute Gasteiger partial charge is 0.872 e. The summed E-state index contributed by atoms with van der Waals surface area (Å²) in [6, 6.07) is 21.0. The van der Waals surface area contributed by atoms with Crippen molar-refractivity contribution in [3.63, 3.8) is 0 Å². The van der Waals surface area contributed by atoms with Crippen LogP contribution in [0.4, 0.5) is 0 Å². The van der Waals surface area contributed by atoms with Gasteiger partial charge in [0.1, 0.15) is 43.8 Å². The Hall–Kier alpha value is -2.84. The minimum atomic E-state index is -4.65. The Bertz CT molecular complexity index is 1780. The van der Waals surface area contributed by atoms with E-state index >= 15 is 0 Å². The molecule has 0 aromatic heterocycles. The van der Waals surface area contributed by atoms with Gasteiger partial charge in [-0.25, -0.2) is 8.42 Å². The zero-order valence-corrected chi connectivity index (χ0v) is 34.5. The molecule has 4 rings (SSSR count). The van der Waals surface area contributed by atoms with Crippen molar-refractivity contribution in [2.75, 3.05) is 0 Å². The fraction of sp³-hybridized carbons (Fsp3) is 0.400. The van der Waals surface area contributed by atoms with Crippen LogP contribution in [0.25, 0.3) is 0 Å². The van der Waals surface area contributed by atoms with Crippen molar-refractivity contribution in [3.8, 4) is 34.5 Å². The molecule has 13 heteroatoms. The Morgan fingerprint density at radius 1 is 0.585 bits per heavy atom. The maximum atomic E-state index is 12.2. The number of unbranched alkanes of at least 4 members (excludes halogenated alkanes) is 10. The van der Waals surface area contributed by atoms with Crippen LogP contribution in [-0.2, 0) is 33.1 Å². The number of ether oxygens (including phenoxy) is 2. The van der Waals surface area contributed by atoms with Gasteiger partial charge in [-0.15, -0.1) is 5.75 Å². The molecular weight excluding hydrogens is 745 g/mol. The molecule has 0 fully saturated rings. The molecule has 0 atom stereocenters. The molecule has 0 saturated carbocycles. The van der Waals surface area contributed by atoms with Crippen LogP contribution in [0.15, 0.2) is 94.7 Å². The van der Waals surface area contributed by atoms with E-state index in [9.17, 15) is 36.2 Å². The monoisotopic (exact) mass is 794 g/mol. The molecule has 4 aromatic rings. The molecule has 0 unspecified atom stereocenters. The number of phenols is 1. The molecule has 284 valence electrons. The Morgan fingerprint density at radius 2 is 1.02 bits per heavy atom. The van der Waals surface area contributed by atoms with Gasteiger partial charge in [0.15, 0.2) is 0 Å². The van der Waals surface area contributed by atoms with Crippen molar-refractivity contribution in [2.24, 2.45) is 0 Å². The first-order valence-corrected chi connectivity index (χ1v) is 20.8. The number of hydrogen-bond donors (Lipinski definition) is 2. The average Bonchev–Trinajstić information content (AvgIpc) is 3.09. The van der Waals surface area contributed by atoms with Crippen LogP contribution < -0.4 is 14.6 Å². The van der Waals surface area contributed by atoms with Crippen LogP contribution >= 0.6 is 0 Å². The van der Waals surface area contributed by atoms with Crippen molar-refractivity contribution in [1.82, 2.24) is 0 Å². The van der Waals surface area contributed by atoms with Crippen LogP contribution in [0, 0.1) is 0 Å². The summed E-state index contributed by atoms with van der Waals surface area (Å²) >= 11 is 0. The molecule has 0 saturated heterocycles. The Morgan fingerprint density at radius 3 is 1.51 bits per heavy atom. The number of para-hydroxylation sites is 2. The van der Waals surface area contributed by atoms with Crippen LogP contribution in [-0.4, -0.2) is 68.8 Å². The molecule has 0 aliphatic rings. The van der Waals surface area contributed by atoms with E-state index in [4.69, 9.17) is 9.47 Å². The number of phenolic OH excluding ortho intramolecular Hbond substituents is 1. The molecule has 0 spiro atoms. The van der Waals surface area contributed by atoms with E-state index in [2.05, 4.69) is 13.8 Å². The second kappa shape index (κ2) is 23.8. The summed E-state index contributed by atoms with van der Waals surface area (Å²) in [7, 11) is -9.03. The third kappa shape index (κ3) is 16.6. The van der Waals surface area contributed by atoms with E-state index < -0.39 is 25.1 Å². The second-order valence-electron chi connectivity index (χ2n) is 12.6. The van der Waals surface area contributed by atoms with E-state index in [-0.39, 0.29) is 71.4 Å². The number of aromatic hydroxyl groups is 1. The summed E-state index contributed by atoms with van der Waals surface area (Å²) in [6.45, 7) is 4.37. The zero-order chi connectivity index (χ0) is 38.0. The van der Waals surface area contributed by atoms with Crippen molar-refractivity contribution >= 4 is 58.0 Å². The van der Waals surface area contributed by atoms with Crippen molar-refractivity contribution < 1.29 is 45.6 Å². The largest absolute Gasteiger partial charge is 2.00 e. The van der Waals surface area contributed by atoms with Crippen LogP contribution in [0.2, 0.25) is 0 Å². The topological polar surface area (TPSA) is 173 Å². The van der Waals surface area contributed by atoms with Gasteiger partial charge in [0.2, 0.25) is 0 Å². The fourth-order valence-corrected chi connectivity index (χ4v) is 6.77. The summed E-state index contributed by atoms with van der Waals surface area (Å²) in [5.41, 5.74) is 1.56. The molecule has 0 bridgehead atoms. The van der Waals surface area contributed by atoms with Gasteiger partial charge in [0.05, 0.1) is 4.90 Å². The van der Waals surface area contributed by atoms with Gasteiger partial charge >= 0.3 is 37.7 Å². The van der Waals surface area contributed by atoms with Gasteiger partial charge in [0.25, 0.3) is 10.1 Å². The van der Waals surface area contributed by atoms with Gasteiger partial charge < -0.3 is 24.2 Å². The van der Waals surface area contributed by atoms with Gasteiger partial charge in [-0.2, -0.15) is 8.42 Å². The maximum Gasteiger partial charge on any atom is 2.00 e. The van der Waals surface area contributed by atoms with E-state index in [0.29, 0.717) is 5.75 Å². The minimum absolute atomic E-state index is 0. The van der Waals surface area contributed by atoms with Crippen molar-refractivity contribution in [3.05, 3.63) is 96.1 Å². The van der Waals surface area contributed by atoms with Gasteiger partial charge in [-0.05, 0) is 73.7 Å². The van der Waals surface area contributed by atoms with Gasteiger partial charge in [-0.1, -0.05) is 120 Å². The predicted octanol–water partition coefficient (Wildman–Crippen LogP) is 9.31. The zero-order valence-electron chi connectivity index (χ0n) is 30.7. The van der Waals surface area contributed by atoms with E-state index in [1.807, 2.05) is 0 Å². The van der Waals surface area contributed by atoms with Crippen LogP contribution in [0.3, 0.4) is 0 Å². The number of rotatable bonds is 20. The summed E-state index contributed by atoms with van der Waals surface area (Å²) in [4.78, 5) is -0.751. The molecule has 0 aliphatic heterocycles. The van der Waals surface area contributed by atoms with E-state index in [1.54, 1.807) is 36.4 Å². The maximum absolute atomic E-state index is 12.2. The predicted molar refractivity (Wildman–Crippen MR) is 205 cm³/mol. The quantitative estimate of drug-likeness (QED) is 0.0499. The molecule has 0 heterocycles. The molecule has 0 amide bonds. The number of aryl methyl sites for hydroxylation is 2. The van der Waals surface area contributed by atoms with Gasteiger partial charge in [0, 0.05) is 6.07 Å². The standard InChI is InChI=1S/2C20H26O5S.Ca/c2*1-2-3-4-5-6-7-10-16-13-14-17(15-18(16)21)25-19-11-8-9-12-20(19)26(22,23)24;/h2*8-9,11-15,21H,2-7,10H2,1H3,(H,22,23,24);/q;;+2/p-2. The molecular formula is C40H50CaO10S2.